The molecule has 0 saturated carbocycles. The minimum atomic E-state index is -0.119. The molecule has 3 nitrogen and oxygen atoms in total. The highest BCUT2D eigenvalue weighted by molar-refractivity contribution is 9.13. The first-order valence-corrected chi connectivity index (χ1v) is 6.48. The van der Waals surface area contributed by atoms with E-state index in [1.807, 2.05) is 6.07 Å². The lowest BCUT2D eigenvalue weighted by Crippen LogP contribution is -2.24. The van der Waals surface area contributed by atoms with Crippen LogP contribution in [-0.2, 0) is 4.74 Å². The van der Waals surface area contributed by atoms with Gasteiger partial charge in [-0.3, -0.25) is 0 Å². The quantitative estimate of drug-likeness (QED) is 0.899. The SMILES string of the molecule is OCC1CCCOC1c1cc(Br)c(Br)o1. The summed E-state index contributed by atoms with van der Waals surface area (Å²) in [4.78, 5) is 0. The van der Waals surface area contributed by atoms with Crippen molar-refractivity contribution in [1.82, 2.24) is 0 Å². The minimum Gasteiger partial charge on any atom is -0.450 e. The summed E-state index contributed by atoms with van der Waals surface area (Å²) in [6.07, 6.45) is 1.87. The molecule has 84 valence electrons. The van der Waals surface area contributed by atoms with Gasteiger partial charge >= 0.3 is 0 Å². The van der Waals surface area contributed by atoms with Crippen LogP contribution in [0.25, 0.3) is 0 Å². The van der Waals surface area contributed by atoms with Gasteiger partial charge in [0.05, 0.1) is 4.47 Å². The summed E-state index contributed by atoms with van der Waals surface area (Å²) < 4.78 is 12.7. The molecule has 0 spiro atoms. The summed E-state index contributed by atoms with van der Waals surface area (Å²) in [5.74, 6) is 0.913. The third-order valence-electron chi connectivity index (χ3n) is 2.62. The molecule has 5 heteroatoms. The molecule has 2 rings (SSSR count). The Kier molecular flexibility index (Phi) is 3.88. The lowest BCUT2D eigenvalue weighted by atomic mass is 9.94. The minimum absolute atomic E-state index is 0.119. The molecule has 1 fully saturated rings. The van der Waals surface area contributed by atoms with Gasteiger partial charge in [-0.05, 0) is 50.8 Å². The van der Waals surface area contributed by atoms with Crippen molar-refractivity contribution in [3.63, 3.8) is 0 Å². The molecule has 2 atom stereocenters. The molecule has 2 unspecified atom stereocenters. The fourth-order valence-electron chi connectivity index (χ4n) is 1.85. The Hall–Kier alpha value is 0.160. The van der Waals surface area contributed by atoms with E-state index < -0.39 is 0 Å². The number of ether oxygens (including phenoxy) is 1. The molecule has 1 aromatic rings. The average Bonchev–Trinajstić information content (AvgIpc) is 2.59. The predicted molar refractivity (Wildman–Crippen MR) is 62.6 cm³/mol. The van der Waals surface area contributed by atoms with E-state index in [2.05, 4.69) is 31.9 Å². The van der Waals surface area contributed by atoms with E-state index in [0.29, 0.717) is 4.67 Å². The predicted octanol–water partition coefficient (Wildman–Crippen LogP) is 3.26. The zero-order chi connectivity index (χ0) is 10.8. The van der Waals surface area contributed by atoms with Crippen LogP contribution < -0.4 is 0 Å². The third-order valence-corrected chi connectivity index (χ3v) is 4.33. The maximum absolute atomic E-state index is 9.25. The second-order valence-corrected chi connectivity index (χ2v) is 5.22. The summed E-state index contributed by atoms with van der Waals surface area (Å²) in [7, 11) is 0. The summed E-state index contributed by atoms with van der Waals surface area (Å²) >= 11 is 6.66. The molecule has 15 heavy (non-hydrogen) atoms. The van der Waals surface area contributed by atoms with Gasteiger partial charge in [0.25, 0.3) is 0 Å². The first kappa shape index (κ1) is 11.6. The van der Waals surface area contributed by atoms with E-state index in [-0.39, 0.29) is 18.6 Å². The average molecular weight is 340 g/mol. The first-order chi connectivity index (χ1) is 7.22. The highest BCUT2D eigenvalue weighted by Gasteiger charge is 2.30. The Morgan fingerprint density at radius 1 is 1.47 bits per heavy atom. The lowest BCUT2D eigenvalue weighted by molar-refractivity contribution is -0.0567. The molecule has 1 saturated heterocycles. The summed E-state index contributed by atoms with van der Waals surface area (Å²) in [6, 6.07) is 1.89. The Morgan fingerprint density at radius 2 is 2.27 bits per heavy atom. The number of hydrogen-bond donors (Lipinski definition) is 1. The molecule has 0 aliphatic carbocycles. The van der Waals surface area contributed by atoms with E-state index in [4.69, 9.17) is 9.15 Å². The van der Waals surface area contributed by atoms with Gasteiger partial charge in [0.2, 0.25) is 0 Å². The van der Waals surface area contributed by atoms with Gasteiger partial charge in [-0.2, -0.15) is 0 Å². The summed E-state index contributed by atoms with van der Waals surface area (Å²) in [5.41, 5.74) is 0. The van der Waals surface area contributed by atoms with Crippen LogP contribution in [0.2, 0.25) is 0 Å². The Labute approximate surface area is 105 Å². The van der Waals surface area contributed by atoms with Gasteiger partial charge in [-0.1, -0.05) is 0 Å². The fourth-order valence-corrected chi connectivity index (χ4v) is 2.46. The molecule has 1 N–H and O–H groups in total. The van der Waals surface area contributed by atoms with Gasteiger partial charge in [-0.15, -0.1) is 0 Å². The zero-order valence-corrected chi connectivity index (χ0v) is 11.3. The highest BCUT2D eigenvalue weighted by Crippen LogP contribution is 2.38. The molecule has 0 radical (unpaired) electrons. The number of hydrogen-bond acceptors (Lipinski definition) is 3. The fraction of sp³-hybridized carbons (Fsp3) is 0.600. The maximum atomic E-state index is 9.25. The van der Waals surface area contributed by atoms with E-state index in [1.54, 1.807) is 0 Å². The molecule has 1 aromatic heterocycles. The van der Waals surface area contributed by atoms with Gasteiger partial charge in [0.15, 0.2) is 4.67 Å². The van der Waals surface area contributed by atoms with Crippen LogP contribution in [0.1, 0.15) is 24.7 Å². The number of furan rings is 1. The topological polar surface area (TPSA) is 42.6 Å². The van der Waals surface area contributed by atoms with Crippen molar-refractivity contribution in [2.24, 2.45) is 5.92 Å². The van der Waals surface area contributed by atoms with Crippen molar-refractivity contribution in [2.75, 3.05) is 13.2 Å². The zero-order valence-electron chi connectivity index (χ0n) is 8.08. The summed E-state index contributed by atoms with van der Waals surface area (Å²) in [5, 5.41) is 9.25. The second kappa shape index (κ2) is 4.99. The van der Waals surface area contributed by atoms with E-state index in [9.17, 15) is 5.11 Å². The van der Waals surface area contributed by atoms with Crippen LogP contribution in [0.4, 0.5) is 0 Å². The van der Waals surface area contributed by atoms with Crippen molar-refractivity contribution in [3.8, 4) is 0 Å². The maximum Gasteiger partial charge on any atom is 0.183 e. The Morgan fingerprint density at radius 3 is 2.87 bits per heavy atom. The number of halogens is 2. The smallest absolute Gasteiger partial charge is 0.183 e. The number of aliphatic hydroxyl groups is 1. The van der Waals surface area contributed by atoms with Crippen LogP contribution in [0.3, 0.4) is 0 Å². The van der Waals surface area contributed by atoms with Gasteiger partial charge in [0.1, 0.15) is 11.9 Å². The van der Waals surface area contributed by atoms with Crippen molar-refractivity contribution in [2.45, 2.75) is 18.9 Å². The lowest BCUT2D eigenvalue weighted by Gasteiger charge is -2.28. The summed E-state index contributed by atoms with van der Waals surface area (Å²) in [6.45, 7) is 0.873. The van der Waals surface area contributed by atoms with Crippen LogP contribution >= 0.6 is 31.9 Å². The first-order valence-electron chi connectivity index (χ1n) is 4.89. The van der Waals surface area contributed by atoms with E-state index in [0.717, 1.165) is 29.7 Å². The molecule has 1 aliphatic heterocycles. The van der Waals surface area contributed by atoms with Crippen LogP contribution in [0, 0.1) is 5.92 Å². The van der Waals surface area contributed by atoms with Crippen LogP contribution in [-0.4, -0.2) is 18.3 Å². The van der Waals surface area contributed by atoms with Crippen LogP contribution in [0.5, 0.6) is 0 Å². The molecule has 0 bridgehead atoms. The Bertz CT molecular complexity index is 318. The standard InChI is InChI=1S/C10H12Br2O3/c11-7-4-8(15-10(7)12)9-6(5-13)2-1-3-14-9/h4,6,9,13H,1-3,5H2. The second-order valence-electron chi connectivity index (χ2n) is 3.65. The molecule has 1 aliphatic rings. The number of rotatable bonds is 2. The molecule has 0 amide bonds. The monoisotopic (exact) mass is 338 g/mol. The molecular weight excluding hydrogens is 328 g/mol. The van der Waals surface area contributed by atoms with Crippen molar-refractivity contribution >= 4 is 31.9 Å². The van der Waals surface area contributed by atoms with Crippen LogP contribution in [0.15, 0.2) is 19.6 Å². The third kappa shape index (κ3) is 2.46. The molecule has 0 aromatic carbocycles. The van der Waals surface area contributed by atoms with E-state index in [1.165, 1.54) is 0 Å². The molecular formula is C10H12Br2O3. The van der Waals surface area contributed by atoms with Gasteiger partial charge in [0, 0.05) is 19.1 Å². The van der Waals surface area contributed by atoms with E-state index >= 15 is 0 Å². The number of aliphatic hydroxyl groups excluding tert-OH is 1. The van der Waals surface area contributed by atoms with Crippen molar-refractivity contribution < 1.29 is 14.3 Å². The van der Waals surface area contributed by atoms with Gasteiger partial charge in [-0.25, -0.2) is 0 Å². The highest BCUT2D eigenvalue weighted by atomic mass is 79.9. The largest absolute Gasteiger partial charge is 0.450 e. The van der Waals surface area contributed by atoms with Gasteiger partial charge < -0.3 is 14.3 Å². The van der Waals surface area contributed by atoms with Crippen molar-refractivity contribution in [3.05, 3.63) is 21.0 Å². The molecule has 2 heterocycles. The normalized spacial score (nSPS) is 26.9. The Balaban J connectivity index is 2.20. The van der Waals surface area contributed by atoms with Crippen molar-refractivity contribution in [1.29, 1.82) is 0 Å².